The Hall–Kier alpha value is -0.240. The van der Waals surface area contributed by atoms with E-state index in [2.05, 4.69) is 0 Å². The molecule has 1 rings (SSSR count). The molecule has 15 heavy (non-hydrogen) atoms. The standard InChI is InChI=1S/C7H8O.CH2O.Na.H2O3S/c1-6-4-2-3-5-7(6)8;1-2;;1-4(2)3/h2-5,8H,1H3;1H2;;(H2,1,2,3)/q;;+1;/p-1. The first-order valence-corrected chi connectivity index (χ1v) is 4.39. The van der Waals surface area contributed by atoms with Gasteiger partial charge in [0.1, 0.15) is 12.5 Å². The van der Waals surface area contributed by atoms with Gasteiger partial charge in [0.2, 0.25) is 0 Å². The second kappa shape index (κ2) is 13.8. The van der Waals surface area contributed by atoms with Crippen LogP contribution in [0.3, 0.4) is 0 Å². The van der Waals surface area contributed by atoms with Gasteiger partial charge in [-0.3, -0.25) is 0 Å². The minimum Gasteiger partial charge on any atom is -0.750 e. The van der Waals surface area contributed by atoms with E-state index in [-0.39, 0.29) is 29.6 Å². The molecule has 0 fully saturated rings. The number of aromatic hydroxyl groups is 1. The summed E-state index contributed by atoms with van der Waals surface area (Å²) in [6, 6.07) is 7.25. The molecule has 0 aliphatic heterocycles. The second-order valence-electron chi connectivity index (χ2n) is 2.00. The van der Waals surface area contributed by atoms with Crippen LogP contribution in [0, 0.1) is 6.92 Å². The summed E-state index contributed by atoms with van der Waals surface area (Å²) in [6.07, 6.45) is 0. The van der Waals surface area contributed by atoms with Crippen LogP contribution in [0.2, 0.25) is 0 Å². The Balaban J connectivity index is -0.000000179. The first-order valence-electron chi connectivity index (χ1n) is 3.36. The zero-order valence-corrected chi connectivity index (χ0v) is 11.4. The molecule has 2 N–H and O–H groups in total. The van der Waals surface area contributed by atoms with Gasteiger partial charge in [0, 0.05) is 0 Å². The smallest absolute Gasteiger partial charge is 0.750 e. The third kappa shape index (κ3) is 16.4. The van der Waals surface area contributed by atoms with Gasteiger partial charge in [-0.1, -0.05) is 18.2 Å². The van der Waals surface area contributed by atoms with E-state index in [4.69, 9.17) is 23.2 Å². The average molecular weight is 242 g/mol. The van der Waals surface area contributed by atoms with Crippen LogP contribution in [0.4, 0.5) is 0 Å². The topological polar surface area (TPSA) is 97.7 Å². The van der Waals surface area contributed by atoms with Crippen molar-refractivity contribution < 1.29 is 52.8 Å². The summed E-state index contributed by atoms with van der Waals surface area (Å²) in [6.45, 7) is 3.87. The van der Waals surface area contributed by atoms with E-state index in [1.165, 1.54) is 0 Å². The summed E-state index contributed by atoms with van der Waals surface area (Å²) < 4.78 is 24.1. The first kappa shape index (κ1) is 20.2. The van der Waals surface area contributed by atoms with Crippen LogP contribution in [0.1, 0.15) is 5.56 Å². The van der Waals surface area contributed by atoms with E-state index >= 15 is 0 Å². The molecule has 1 unspecified atom stereocenters. The Morgan fingerprint density at radius 1 is 1.33 bits per heavy atom. The summed E-state index contributed by atoms with van der Waals surface area (Å²) in [5.74, 6) is 0.368. The molecule has 0 aliphatic carbocycles. The minimum atomic E-state index is -2.86. The van der Waals surface area contributed by atoms with Crippen LogP contribution < -0.4 is 29.6 Å². The van der Waals surface area contributed by atoms with Crippen LogP contribution in [-0.2, 0) is 16.2 Å². The number of rotatable bonds is 0. The van der Waals surface area contributed by atoms with Gasteiger partial charge in [0.05, 0.1) is 11.4 Å². The summed E-state index contributed by atoms with van der Waals surface area (Å²) >= 11 is -2.86. The van der Waals surface area contributed by atoms with Crippen LogP contribution in [0.25, 0.3) is 0 Å². The van der Waals surface area contributed by atoms with Crippen LogP contribution in [0.15, 0.2) is 24.3 Å². The zero-order chi connectivity index (χ0) is 11.6. The van der Waals surface area contributed by atoms with Crippen molar-refractivity contribution in [1.29, 1.82) is 0 Å². The van der Waals surface area contributed by atoms with E-state index in [0.717, 1.165) is 5.56 Å². The third-order valence-corrected chi connectivity index (χ3v) is 1.12. The van der Waals surface area contributed by atoms with Crippen LogP contribution in [-0.4, -0.2) is 25.2 Å². The Kier molecular flexibility index (Phi) is 18.5. The van der Waals surface area contributed by atoms with Gasteiger partial charge in [0.25, 0.3) is 0 Å². The van der Waals surface area contributed by atoms with Crippen molar-refractivity contribution in [2.75, 3.05) is 0 Å². The molecule has 0 bridgehead atoms. The Labute approximate surface area is 113 Å². The number of hydrogen-bond donors (Lipinski definition) is 2. The maximum atomic E-state index is 8.92. The molecule has 1 atom stereocenters. The molecule has 0 amide bonds. The molecule has 0 aliphatic rings. The fourth-order valence-electron chi connectivity index (χ4n) is 0.563. The molecule has 0 spiro atoms. The van der Waals surface area contributed by atoms with Crippen molar-refractivity contribution in [2.24, 2.45) is 0 Å². The Morgan fingerprint density at radius 2 is 1.67 bits per heavy atom. The van der Waals surface area contributed by atoms with Crippen molar-refractivity contribution in [2.45, 2.75) is 6.92 Å². The van der Waals surface area contributed by atoms with E-state index < -0.39 is 11.4 Å². The molecule has 0 saturated heterocycles. The fourth-order valence-corrected chi connectivity index (χ4v) is 0.563. The summed E-state index contributed by atoms with van der Waals surface area (Å²) in [4.78, 5) is 8.00. The normalized spacial score (nSPS) is 9.27. The number of hydrogen-bond acceptors (Lipinski definition) is 4. The SMILES string of the molecule is C=O.Cc1ccccc1O.O=S([O-])O.[Na+]. The van der Waals surface area contributed by atoms with Gasteiger partial charge in [-0.25, -0.2) is 4.21 Å². The predicted molar refractivity (Wildman–Crippen MR) is 51.5 cm³/mol. The van der Waals surface area contributed by atoms with E-state index in [1.54, 1.807) is 6.07 Å². The van der Waals surface area contributed by atoms with E-state index in [1.807, 2.05) is 31.9 Å². The molecule has 80 valence electrons. The maximum Gasteiger partial charge on any atom is 1.00 e. The molecule has 0 saturated carbocycles. The average Bonchev–Trinajstić information content (AvgIpc) is 2.13. The Bertz CT molecular complexity index is 256. The number of aryl methyl sites for hydroxylation is 1. The van der Waals surface area contributed by atoms with Crippen molar-refractivity contribution in [3.05, 3.63) is 29.8 Å². The largest absolute Gasteiger partial charge is 1.00 e. The molecule has 1 aromatic rings. The summed E-state index contributed by atoms with van der Waals surface area (Å²) in [5, 5.41) is 8.92. The molecule has 0 heterocycles. The van der Waals surface area contributed by atoms with Gasteiger partial charge in [-0.2, -0.15) is 0 Å². The fraction of sp³-hybridized carbons (Fsp3) is 0.125. The molecule has 0 aromatic heterocycles. The summed E-state index contributed by atoms with van der Waals surface area (Å²) in [5.41, 5.74) is 0.924. The maximum absolute atomic E-state index is 8.92. The molecule has 5 nitrogen and oxygen atoms in total. The van der Waals surface area contributed by atoms with Gasteiger partial charge >= 0.3 is 29.6 Å². The summed E-state index contributed by atoms with van der Waals surface area (Å²) in [7, 11) is 0. The number of benzene rings is 1. The number of phenols is 1. The van der Waals surface area contributed by atoms with Gasteiger partial charge < -0.3 is 19.0 Å². The Morgan fingerprint density at radius 3 is 1.87 bits per heavy atom. The molecule has 1 aromatic carbocycles. The van der Waals surface area contributed by atoms with E-state index in [0.29, 0.717) is 5.75 Å². The molecular formula is C8H11NaO5S. The molecular weight excluding hydrogens is 231 g/mol. The molecule has 0 radical (unpaired) electrons. The van der Waals surface area contributed by atoms with Gasteiger partial charge in [-0.05, 0) is 18.6 Å². The second-order valence-corrected chi connectivity index (χ2v) is 2.44. The number of phenolic OH excluding ortho intramolecular Hbond substituents is 1. The van der Waals surface area contributed by atoms with Crippen molar-refractivity contribution in [3.8, 4) is 5.75 Å². The van der Waals surface area contributed by atoms with E-state index in [9.17, 15) is 0 Å². The van der Waals surface area contributed by atoms with Gasteiger partial charge in [-0.15, -0.1) is 0 Å². The number of carbonyl (C=O) groups is 1. The van der Waals surface area contributed by atoms with Gasteiger partial charge in [0.15, 0.2) is 0 Å². The zero-order valence-electron chi connectivity index (χ0n) is 8.54. The quantitative estimate of drug-likeness (QED) is 0.399. The monoisotopic (exact) mass is 242 g/mol. The van der Waals surface area contributed by atoms with Crippen LogP contribution >= 0.6 is 0 Å². The first-order chi connectivity index (χ1) is 6.54. The number of carbonyl (C=O) groups excluding carboxylic acids is 1. The predicted octanol–water partition coefficient (Wildman–Crippen LogP) is -2.14. The van der Waals surface area contributed by atoms with Crippen LogP contribution in [0.5, 0.6) is 5.75 Å². The third-order valence-electron chi connectivity index (χ3n) is 1.12. The minimum absolute atomic E-state index is 0. The van der Waals surface area contributed by atoms with Crippen molar-refractivity contribution in [1.82, 2.24) is 0 Å². The van der Waals surface area contributed by atoms with Crippen molar-refractivity contribution >= 4 is 18.2 Å². The number of para-hydroxylation sites is 1. The van der Waals surface area contributed by atoms with Crippen molar-refractivity contribution in [3.63, 3.8) is 0 Å². The molecule has 7 heteroatoms.